The Morgan fingerprint density at radius 3 is 2.67 bits per heavy atom. The molecular formula is C23H41NO3. The number of aliphatic hydroxyl groups is 2. The van der Waals surface area contributed by atoms with E-state index in [-0.39, 0.29) is 17.6 Å². The number of ether oxygens (including phenoxy) is 1. The minimum absolute atomic E-state index is 0.199. The Morgan fingerprint density at radius 2 is 2.04 bits per heavy atom. The van der Waals surface area contributed by atoms with Crippen molar-refractivity contribution in [1.82, 2.24) is 0 Å². The molecule has 0 aliphatic heterocycles. The van der Waals surface area contributed by atoms with Crippen molar-refractivity contribution in [3.05, 3.63) is 0 Å². The van der Waals surface area contributed by atoms with Crippen molar-refractivity contribution < 1.29 is 14.9 Å². The van der Waals surface area contributed by atoms with Gasteiger partial charge in [0, 0.05) is 7.11 Å². The molecule has 9 atom stereocenters. The van der Waals surface area contributed by atoms with Crippen LogP contribution < -0.4 is 0 Å². The molecule has 3 aliphatic carbocycles. The SMILES string of the molecule is CO[C@@H]1C[C@@H]2[C@H](CCC3(C)[C@@H](C(C)O)CC[C@@H]23)C[C@@H]1C[C@](C)(O)CCC=N. The molecule has 3 aliphatic rings. The number of aliphatic hydroxyl groups excluding tert-OH is 1. The standard InChI is InChI=1S/C23H41NO3/c1-15(25)19-6-7-20-18-13-21(27-4)17(14-22(2,26)9-5-11-24)12-16(18)8-10-23(19,20)3/h11,15-21,24-26H,5-10,12-14H2,1-4H3/t15?,16-,17-,18-,19-,20+,21-,22-,23?/m1/s1. The van der Waals surface area contributed by atoms with E-state index in [9.17, 15) is 10.2 Å². The summed E-state index contributed by atoms with van der Waals surface area (Å²) in [6.07, 6.45) is 10.7. The Labute approximate surface area is 165 Å². The third-order valence-electron chi connectivity index (χ3n) is 8.71. The van der Waals surface area contributed by atoms with E-state index in [4.69, 9.17) is 10.1 Å². The van der Waals surface area contributed by atoms with Gasteiger partial charge < -0.3 is 20.4 Å². The average Bonchev–Trinajstić information content (AvgIpc) is 2.97. The van der Waals surface area contributed by atoms with Gasteiger partial charge in [-0.1, -0.05) is 6.92 Å². The molecule has 0 bridgehead atoms. The fourth-order valence-electron chi connectivity index (χ4n) is 7.40. The summed E-state index contributed by atoms with van der Waals surface area (Å²) in [7, 11) is 1.83. The molecule has 0 spiro atoms. The largest absolute Gasteiger partial charge is 0.393 e. The fourth-order valence-corrected chi connectivity index (χ4v) is 7.40. The van der Waals surface area contributed by atoms with Gasteiger partial charge in [0.15, 0.2) is 0 Å². The zero-order valence-corrected chi connectivity index (χ0v) is 17.8. The van der Waals surface area contributed by atoms with Crippen LogP contribution in [-0.2, 0) is 4.74 Å². The number of nitrogens with one attached hydrogen (secondary N) is 1. The lowest BCUT2D eigenvalue weighted by molar-refractivity contribution is -0.105. The Balaban J connectivity index is 1.71. The molecule has 3 fully saturated rings. The van der Waals surface area contributed by atoms with Gasteiger partial charge in [-0.3, -0.25) is 0 Å². The van der Waals surface area contributed by atoms with E-state index in [0.29, 0.717) is 36.5 Å². The molecule has 2 unspecified atom stereocenters. The molecule has 27 heavy (non-hydrogen) atoms. The Bertz CT molecular complexity index is 520. The first kappa shape index (κ1) is 21.3. The second-order valence-electron chi connectivity index (χ2n) is 10.4. The first-order chi connectivity index (χ1) is 12.7. The maximum Gasteiger partial charge on any atom is 0.0626 e. The molecule has 3 rings (SSSR count). The van der Waals surface area contributed by atoms with E-state index >= 15 is 0 Å². The van der Waals surface area contributed by atoms with E-state index in [1.54, 1.807) is 0 Å². The summed E-state index contributed by atoms with van der Waals surface area (Å²) in [4.78, 5) is 0. The van der Waals surface area contributed by atoms with Crippen LogP contribution >= 0.6 is 0 Å². The summed E-state index contributed by atoms with van der Waals surface area (Å²) in [6, 6.07) is 0. The highest BCUT2D eigenvalue weighted by Crippen LogP contribution is 2.63. The number of hydrogen-bond acceptors (Lipinski definition) is 4. The normalized spacial score (nSPS) is 44.8. The molecule has 4 heteroatoms. The highest BCUT2D eigenvalue weighted by atomic mass is 16.5. The van der Waals surface area contributed by atoms with Crippen molar-refractivity contribution in [2.24, 2.45) is 35.0 Å². The van der Waals surface area contributed by atoms with Gasteiger partial charge in [0.2, 0.25) is 0 Å². The summed E-state index contributed by atoms with van der Waals surface area (Å²) < 4.78 is 5.95. The van der Waals surface area contributed by atoms with E-state index < -0.39 is 5.60 Å². The molecule has 3 saturated carbocycles. The minimum Gasteiger partial charge on any atom is -0.393 e. The third-order valence-corrected chi connectivity index (χ3v) is 8.71. The smallest absolute Gasteiger partial charge is 0.0626 e. The van der Waals surface area contributed by atoms with Gasteiger partial charge in [-0.05, 0) is 113 Å². The van der Waals surface area contributed by atoms with Gasteiger partial charge in [-0.25, -0.2) is 0 Å². The van der Waals surface area contributed by atoms with Gasteiger partial charge in [0.25, 0.3) is 0 Å². The monoisotopic (exact) mass is 379 g/mol. The van der Waals surface area contributed by atoms with Crippen molar-refractivity contribution in [2.45, 2.75) is 96.4 Å². The molecular weight excluding hydrogens is 338 g/mol. The number of fused-ring (bicyclic) bond motifs is 3. The maximum atomic E-state index is 10.8. The topological polar surface area (TPSA) is 73.5 Å². The second kappa shape index (κ2) is 8.12. The highest BCUT2D eigenvalue weighted by Gasteiger charge is 2.56. The maximum absolute atomic E-state index is 10.8. The third kappa shape index (κ3) is 4.13. The molecule has 0 radical (unpaired) electrons. The molecule has 3 N–H and O–H groups in total. The van der Waals surface area contributed by atoms with Gasteiger partial charge >= 0.3 is 0 Å². The van der Waals surface area contributed by atoms with Gasteiger partial charge in [-0.2, -0.15) is 0 Å². The van der Waals surface area contributed by atoms with Crippen LogP contribution in [0.3, 0.4) is 0 Å². The molecule has 4 nitrogen and oxygen atoms in total. The Hall–Kier alpha value is -0.450. The van der Waals surface area contributed by atoms with Crippen LogP contribution in [0.1, 0.15) is 78.6 Å². The molecule has 0 aromatic rings. The zero-order valence-electron chi connectivity index (χ0n) is 17.8. The lowest BCUT2D eigenvalue weighted by Gasteiger charge is -2.54. The van der Waals surface area contributed by atoms with E-state index in [1.165, 1.54) is 31.9 Å². The van der Waals surface area contributed by atoms with Crippen molar-refractivity contribution in [3.8, 4) is 0 Å². The predicted octanol–water partition coefficient (Wildman–Crippen LogP) is 4.42. The van der Waals surface area contributed by atoms with Crippen LogP contribution in [0.15, 0.2) is 0 Å². The predicted molar refractivity (Wildman–Crippen MR) is 109 cm³/mol. The lowest BCUT2D eigenvalue weighted by Crippen LogP contribution is -2.49. The molecule has 0 aromatic carbocycles. The fraction of sp³-hybridized carbons (Fsp3) is 0.957. The quantitative estimate of drug-likeness (QED) is 0.573. The molecule has 0 heterocycles. The highest BCUT2D eigenvalue weighted by molar-refractivity contribution is 5.52. The number of hydrogen-bond donors (Lipinski definition) is 3. The summed E-state index contributed by atoms with van der Waals surface area (Å²) in [6.45, 7) is 6.35. The van der Waals surface area contributed by atoms with Gasteiger partial charge in [0.05, 0.1) is 17.8 Å². The Kier molecular flexibility index (Phi) is 6.39. The van der Waals surface area contributed by atoms with Crippen molar-refractivity contribution in [2.75, 3.05) is 7.11 Å². The Morgan fingerprint density at radius 1 is 1.30 bits per heavy atom. The molecule has 0 saturated heterocycles. The number of methoxy groups -OCH3 is 1. The van der Waals surface area contributed by atoms with E-state index in [0.717, 1.165) is 25.2 Å². The van der Waals surface area contributed by atoms with Crippen molar-refractivity contribution in [3.63, 3.8) is 0 Å². The van der Waals surface area contributed by atoms with E-state index in [2.05, 4.69) is 6.92 Å². The van der Waals surface area contributed by atoms with Gasteiger partial charge in [0.1, 0.15) is 0 Å². The van der Waals surface area contributed by atoms with Crippen LogP contribution in [0.2, 0.25) is 0 Å². The van der Waals surface area contributed by atoms with Crippen LogP contribution in [0.4, 0.5) is 0 Å². The number of rotatable bonds is 7. The first-order valence-electron chi connectivity index (χ1n) is 11.1. The van der Waals surface area contributed by atoms with Crippen molar-refractivity contribution in [1.29, 1.82) is 5.41 Å². The van der Waals surface area contributed by atoms with Crippen LogP contribution in [-0.4, -0.2) is 41.3 Å². The zero-order chi connectivity index (χ0) is 19.8. The average molecular weight is 380 g/mol. The van der Waals surface area contributed by atoms with Crippen LogP contribution in [0, 0.1) is 40.4 Å². The second-order valence-corrected chi connectivity index (χ2v) is 10.4. The van der Waals surface area contributed by atoms with Crippen molar-refractivity contribution >= 4 is 6.21 Å². The summed E-state index contributed by atoms with van der Waals surface area (Å²) in [5, 5.41) is 28.4. The summed E-state index contributed by atoms with van der Waals surface area (Å²) in [5.74, 6) is 3.03. The van der Waals surface area contributed by atoms with Crippen LogP contribution in [0.25, 0.3) is 0 Å². The lowest BCUT2D eigenvalue weighted by atomic mass is 9.52. The van der Waals surface area contributed by atoms with Crippen LogP contribution in [0.5, 0.6) is 0 Å². The van der Waals surface area contributed by atoms with Gasteiger partial charge in [-0.15, -0.1) is 0 Å². The molecule has 0 amide bonds. The molecule has 156 valence electrons. The summed E-state index contributed by atoms with van der Waals surface area (Å²) >= 11 is 0. The minimum atomic E-state index is -0.709. The summed E-state index contributed by atoms with van der Waals surface area (Å²) in [5.41, 5.74) is -0.421. The first-order valence-corrected chi connectivity index (χ1v) is 11.1. The molecule has 0 aromatic heterocycles. The van der Waals surface area contributed by atoms with E-state index in [1.807, 2.05) is 21.0 Å².